The topological polar surface area (TPSA) is 55.8 Å². The summed E-state index contributed by atoms with van der Waals surface area (Å²) < 4.78 is 26.0. The van der Waals surface area contributed by atoms with Crippen LogP contribution in [0.1, 0.15) is 76.0 Å². The number of methoxy groups -OCH3 is 1. The van der Waals surface area contributed by atoms with Crippen molar-refractivity contribution in [3.8, 4) is 11.5 Å². The van der Waals surface area contributed by atoms with Crippen LogP contribution < -0.4 is 9.47 Å². The van der Waals surface area contributed by atoms with E-state index in [-0.39, 0.29) is 34.8 Å². The van der Waals surface area contributed by atoms with Crippen LogP contribution in [0.4, 0.5) is 4.39 Å². The van der Waals surface area contributed by atoms with Crippen molar-refractivity contribution in [3.63, 3.8) is 0 Å². The first-order valence-electron chi connectivity index (χ1n) is 15.8. The lowest BCUT2D eigenvalue weighted by Gasteiger charge is -2.49. The van der Waals surface area contributed by atoms with Gasteiger partial charge in [0.2, 0.25) is 0 Å². The van der Waals surface area contributed by atoms with Gasteiger partial charge in [-0.25, -0.2) is 4.39 Å². The van der Waals surface area contributed by atoms with Gasteiger partial charge in [-0.2, -0.15) is 0 Å². The Morgan fingerprint density at radius 1 is 0.778 bits per heavy atom. The zero-order valence-electron chi connectivity index (χ0n) is 26.9. The summed E-state index contributed by atoms with van der Waals surface area (Å²) in [6.07, 6.45) is 3.18. The molecule has 3 aromatic carbocycles. The van der Waals surface area contributed by atoms with E-state index < -0.39 is 5.92 Å². The number of Topliss-reactive ketones (excluding diaryl/α,β-unsaturated/α-hetero) is 2. The van der Waals surface area contributed by atoms with E-state index in [0.717, 1.165) is 47.4 Å². The Balaban J connectivity index is 1.45. The second kappa shape index (κ2) is 12.0. The monoisotopic (exact) mass is 607 g/mol. The third-order valence-corrected chi connectivity index (χ3v) is 9.35. The van der Waals surface area contributed by atoms with E-state index >= 15 is 0 Å². The molecule has 2 aliphatic carbocycles. The van der Waals surface area contributed by atoms with Crippen LogP contribution in [0.15, 0.2) is 95.3 Å². The highest BCUT2D eigenvalue weighted by Gasteiger charge is 2.49. The molecule has 0 radical (unpaired) electrons. The van der Waals surface area contributed by atoms with Gasteiger partial charge in [0.05, 0.1) is 7.11 Å². The maximum absolute atomic E-state index is 14.3. The van der Waals surface area contributed by atoms with Crippen LogP contribution in [0.2, 0.25) is 0 Å². The number of ketones is 2. The van der Waals surface area contributed by atoms with Gasteiger partial charge >= 0.3 is 0 Å². The Morgan fingerprint density at radius 3 is 1.98 bits per heavy atom. The van der Waals surface area contributed by atoms with Gasteiger partial charge < -0.3 is 14.4 Å². The Bertz CT molecular complexity index is 1650. The predicted octanol–water partition coefficient (Wildman–Crippen LogP) is 8.34. The fraction of sp³-hybridized carbons (Fsp3) is 0.385. The quantitative estimate of drug-likeness (QED) is 0.258. The fourth-order valence-electron chi connectivity index (χ4n) is 7.29. The summed E-state index contributed by atoms with van der Waals surface area (Å²) in [5, 5.41) is 0. The predicted molar refractivity (Wildman–Crippen MR) is 173 cm³/mol. The molecule has 6 heteroatoms. The van der Waals surface area contributed by atoms with Crippen LogP contribution >= 0.6 is 0 Å². The van der Waals surface area contributed by atoms with Crippen LogP contribution in [0.3, 0.4) is 0 Å². The summed E-state index contributed by atoms with van der Waals surface area (Å²) in [6.45, 7) is 9.38. The minimum Gasteiger partial charge on any atom is -0.493 e. The number of halogens is 1. The minimum atomic E-state index is -0.482. The molecule has 0 bridgehead atoms. The number of hydrogen-bond acceptors (Lipinski definition) is 5. The first-order chi connectivity index (χ1) is 21.5. The van der Waals surface area contributed by atoms with E-state index in [4.69, 9.17) is 9.47 Å². The van der Waals surface area contributed by atoms with Crippen molar-refractivity contribution < 1.29 is 23.5 Å². The molecule has 3 aliphatic rings. The summed E-state index contributed by atoms with van der Waals surface area (Å²) in [5.74, 6) is 0.332. The average molecular weight is 608 g/mol. The summed E-state index contributed by atoms with van der Waals surface area (Å²) in [4.78, 5) is 30.6. The first kappa shape index (κ1) is 30.8. The largest absolute Gasteiger partial charge is 0.493 e. The zero-order chi connectivity index (χ0) is 31.9. The highest BCUT2D eigenvalue weighted by molar-refractivity contribution is 6.06. The van der Waals surface area contributed by atoms with Gasteiger partial charge in [-0.15, -0.1) is 0 Å². The van der Waals surface area contributed by atoms with E-state index in [2.05, 4.69) is 56.9 Å². The molecule has 45 heavy (non-hydrogen) atoms. The SMILES string of the molecule is COc1cc(C2C3=C(CC(C)(C)CC3=O)N(CCc3ccccc3)C3=C2C(=O)CC(C)(C)C3)ccc1OCc1ccccc1F. The Hall–Kier alpha value is -4.19. The third-order valence-electron chi connectivity index (χ3n) is 9.35. The summed E-state index contributed by atoms with van der Waals surface area (Å²) >= 11 is 0. The molecule has 0 aromatic heterocycles. The van der Waals surface area contributed by atoms with Crippen molar-refractivity contribution in [2.24, 2.45) is 10.8 Å². The number of hydrogen-bond donors (Lipinski definition) is 0. The number of allylic oxidation sites excluding steroid dienone is 4. The molecule has 0 amide bonds. The molecule has 0 N–H and O–H groups in total. The lowest BCUT2D eigenvalue weighted by Crippen LogP contribution is -2.45. The second-order valence-corrected chi connectivity index (χ2v) is 14.2. The summed E-state index contributed by atoms with van der Waals surface area (Å²) in [5.41, 5.74) is 5.66. The molecule has 3 aromatic rings. The van der Waals surface area contributed by atoms with Gasteiger partial charge in [-0.3, -0.25) is 9.59 Å². The Kier molecular flexibility index (Phi) is 8.19. The van der Waals surface area contributed by atoms with Gasteiger partial charge in [-0.1, -0.05) is 82.3 Å². The van der Waals surface area contributed by atoms with E-state index in [1.165, 1.54) is 11.6 Å². The number of ether oxygens (including phenoxy) is 2. The maximum atomic E-state index is 14.3. The van der Waals surface area contributed by atoms with E-state index in [1.807, 2.05) is 24.3 Å². The lowest BCUT2D eigenvalue weighted by atomic mass is 9.63. The van der Waals surface area contributed by atoms with Crippen molar-refractivity contribution >= 4 is 11.6 Å². The molecule has 0 saturated heterocycles. The smallest absolute Gasteiger partial charge is 0.162 e. The zero-order valence-corrected chi connectivity index (χ0v) is 26.9. The van der Waals surface area contributed by atoms with Crippen LogP contribution in [0, 0.1) is 16.6 Å². The minimum absolute atomic E-state index is 0.0495. The van der Waals surface area contributed by atoms with E-state index in [0.29, 0.717) is 36.4 Å². The first-order valence-corrected chi connectivity index (χ1v) is 15.8. The normalized spacial score (nSPS) is 19.4. The van der Waals surface area contributed by atoms with Crippen LogP contribution in [-0.2, 0) is 22.6 Å². The molecule has 0 atom stereocenters. The molecule has 5 nitrogen and oxygen atoms in total. The van der Waals surface area contributed by atoms with Gasteiger partial charge in [-0.05, 0) is 59.4 Å². The summed E-state index contributed by atoms with van der Waals surface area (Å²) in [6, 6.07) is 22.5. The fourth-order valence-corrected chi connectivity index (χ4v) is 7.29. The van der Waals surface area contributed by atoms with Crippen molar-refractivity contribution in [2.75, 3.05) is 13.7 Å². The highest BCUT2D eigenvalue weighted by atomic mass is 19.1. The molecule has 0 unspecified atom stereocenters. The second-order valence-electron chi connectivity index (χ2n) is 14.2. The van der Waals surface area contributed by atoms with Gasteiger partial charge in [0, 0.05) is 53.4 Å². The number of benzene rings is 3. The van der Waals surface area contributed by atoms with E-state index in [1.54, 1.807) is 25.3 Å². The van der Waals surface area contributed by atoms with Crippen LogP contribution in [0.5, 0.6) is 11.5 Å². The van der Waals surface area contributed by atoms with Crippen molar-refractivity contribution in [1.29, 1.82) is 0 Å². The highest BCUT2D eigenvalue weighted by Crippen LogP contribution is 2.55. The van der Waals surface area contributed by atoms with Crippen molar-refractivity contribution in [3.05, 3.63) is 118 Å². The number of nitrogens with zero attached hydrogens (tertiary/aromatic N) is 1. The molecule has 0 spiro atoms. The van der Waals surface area contributed by atoms with Crippen LogP contribution in [0.25, 0.3) is 0 Å². The van der Waals surface area contributed by atoms with Crippen molar-refractivity contribution in [1.82, 2.24) is 4.90 Å². The van der Waals surface area contributed by atoms with Gasteiger partial charge in [0.1, 0.15) is 12.4 Å². The standard InChI is InChI=1S/C39H42FNO4/c1-38(2)20-29-36(31(42)22-38)35(26-15-16-33(34(19-26)44-5)45-24-27-13-9-10-14-28(27)40)37-30(21-39(3,4)23-32(37)43)41(29)18-17-25-11-7-6-8-12-25/h6-16,19,35H,17-18,20-24H2,1-5H3. The van der Waals surface area contributed by atoms with E-state index in [9.17, 15) is 14.0 Å². The number of carbonyl (C=O) groups excluding carboxylic acids is 2. The van der Waals surface area contributed by atoms with Gasteiger partial charge in [0.25, 0.3) is 0 Å². The Morgan fingerprint density at radius 2 is 1.38 bits per heavy atom. The van der Waals surface area contributed by atoms with Crippen molar-refractivity contribution in [2.45, 2.75) is 72.3 Å². The summed E-state index contributed by atoms with van der Waals surface area (Å²) in [7, 11) is 1.57. The number of rotatable bonds is 8. The lowest BCUT2D eigenvalue weighted by molar-refractivity contribution is -0.119. The maximum Gasteiger partial charge on any atom is 0.162 e. The molecule has 1 aliphatic heterocycles. The Labute approximate surface area is 265 Å². The molecule has 0 saturated carbocycles. The molecular weight excluding hydrogens is 565 g/mol. The third kappa shape index (κ3) is 6.20. The molecule has 0 fully saturated rings. The number of carbonyl (C=O) groups is 2. The average Bonchev–Trinajstić information content (AvgIpc) is 2.98. The molecular formula is C39H42FNO4. The molecule has 234 valence electrons. The molecule has 1 heterocycles. The van der Waals surface area contributed by atoms with Crippen LogP contribution in [-0.4, -0.2) is 30.1 Å². The van der Waals surface area contributed by atoms with Gasteiger partial charge in [0.15, 0.2) is 23.1 Å². The molecule has 6 rings (SSSR count).